The van der Waals surface area contributed by atoms with Crippen LogP contribution in [0, 0.1) is 0 Å². The predicted molar refractivity (Wildman–Crippen MR) is 57.8 cm³/mol. The van der Waals surface area contributed by atoms with Crippen LogP contribution in [0.15, 0.2) is 6.20 Å². The Balaban J connectivity index is 2.77. The maximum Gasteiger partial charge on any atom is 0.443 e. The molecule has 17 heavy (non-hydrogen) atoms. The lowest BCUT2D eigenvalue weighted by Gasteiger charge is -2.25. The van der Waals surface area contributed by atoms with Gasteiger partial charge in [0.2, 0.25) is 0 Å². The summed E-state index contributed by atoms with van der Waals surface area (Å²) >= 11 is 0.457. The summed E-state index contributed by atoms with van der Waals surface area (Å²) in [5.74, 6) is 0. The number of thiazole rings is 1. The van der Waals surface area contributed by atoms with Crippen LogP contribution in [0.1, 0.15) is 36.3 Å². The maximum absolute atomic E-state index is 12.3. The smallest absolute Gasteiger partial charge is 0.387 e. The Labute approximate surface area is 101 Å². The minimum atomic E-state index is -4.46. The molecule has 0 radical (unpaired) electrons. The average molecular weight is 269 g/mol. The molecular formula is C10H14F3NO2S. The van der Waals surface area contributed by atoms with Crippen LogP contribution in [-0.2, 0) is 10.9 Å². The Kier molecular flexibility index (Phi) is 4.16. The zero-order valence-electron chi connectivity index (χ0n) is 9.71. The Morgan fingerprint density at radius 3 is 2.47 bits per heavy atom. The number of rotatable bonds is 4. The number of ether oxygens (including phenoxy) is 1. The molecule has 1 heterocycles. The molecule has 0 saturated heterocycles. The summed E-state index contributed by atoms with van der Waals surface area (Å²) in [5.41, 5.74) is -0.595. The second-order valence-corrected chi connectivity index (χ2v) is 5.31. The molecule has 0 bridgehead atoms. The molecule has 1 aromatic heterocycles. The molecule has 0 amide bonds. The van der Waals surface area contributed by atoms with E-state index in [0.717, 1.165) is 6.20 Å². The second-order valence-electron chi connectivity index (χ2n) is 4.25. The van der Waals surface area contributed by atoms with Crippen LogP contribution in [0.3, 0.4) is 0 Å². The number of methoxy groups -OCH3 is 1. The molecule has 1 unspecified atom stereocenters. The first-order valence-electron chi connectivity index (χ1n) is 4.92. The molecule has 98 valence electrons. The van der Waals surface area contributed by atoms with Gasteiger partial charge in [-0.25, -0.2) is 4.98 Å². The van der Waals surface area contributed by atoms with Crippen molar-refractivity contribution in [2.75, 3.05) is 7.11 Å². The van der Waals surface area contributed by atoms with Crippen molar-refractivity contribution in [3.05, 3.63) is 16.1 Å². The fourth-order valence-electron chi connectivity index (χ4n) is 1.22. The molecule has 1 N–H and O–H groups in total. The molecule has 0 saturated carbocycles. The van der Waals surface area contributed by atoms with Crippen molar-refractivity contribution in [1.82, 2.24) is 4.98 Å². The molecule has 0 aliphatic carbocycles. The van der Waals surface area contributed by atoms with E-state index in [1.54, 1.807) is 13.8 Å². The molecular weight excluding hydrogens is 255 g/mol. The number of hydrogen-bond acceptors (Lipinski definition) is 4. The Morgan fingerprint density at radius 2 is 2.06 bits per heavy atom. The maximum atomic E-state index is 12.3. The number of aliphatic hydroxyl groups excluding tert-OH is 1. The van der Waals surface area contributed by atoms with Crippen LogP contribution in [0.25, 0.3) is 0 Å². The third-order valence-electron chi connectivity index (χ3n) is 2.33. The number of halogens is 3. The van der Waals surface area contributed by atoms with Crippen LogP contribution in [0.4, 0.5) is 13.2 Å². The van der Waals surface area contributed by atoms with E-state index in [4.69, 9.17) is 4.74 Å². The van der Waals surface area contributed by atoms with Gasteiger partial charge >= 0.3 is 6.18 Å². The van der Waals surface area contributed by atoms with Gasteiger partial charge in [0.1, 0.15) is 0 Å². The Bertz CT molecular complexity index is 376. The van der Waals surface area contributed by atoms with Gasteiger partial charge < -0.3 is 9.84 Å². The highest BCUT2D eigenvalue weighted by atomic mass is 32.1. The molecule has 1 aromatic rings. The van der Waals surface area contributed by atoms with E-state index >= 15 is 0 Å². The zero-order valence-corrected chi connectivity index (χ0v) is 10.5. The van der Waals surface area contributed by atoms with Crippen molar-refractivity contribution in [2.24, 2.45) is 0 Å². The molecule has 0 spiro atoms. The highest BCUT2D eigenvalue weighted by molar-refractivity contribution is 7.11. The SMILES string of the molecule is COC(C)(C)CC(O)c1cnc(C(F)(F)F)s1. The monoisotopic (exact) mass is 269 g/mol. The lowest BCUT2D eigenvalue weighted by atomic mass is 10.0. The van der Waals surface area contributed by atoms with Crippen molar-refractivity contribution in [3.8, 4) is 0 Å². The fraction of sp³-hybridized carbons (Fsp3) is 0.700. The summed E-state index contributed by atoms with van der Waals surface area (Å²) in [7, 11) is 1.49. The molecule has 1 rings (SSSR count). The van der Waals surface area contributed by atoms with Gasteiger partial charge in [0.15, 0.2) is 5.01 Å². The van der Waals surface area contributed by atoms with Gasteiger partial charge in [-0.2, -0.15) is 13.2 Å². The summed E-state index contributed by atoms with van der Waals surface area (Å²) in [6, 6.07) is 0. The molecule has 7 heteroatoms. The molecule has 0 fully saturated rings. The largest absolute Gasteiger partial charge is 0.443 e. The molecule has 1 atom stereocenters. The number of hydrogen-bond donors (Lipinski definition) is 1. The van der Waals surface area contributed by atoms with Crippen molar-refractivity contribution in [3.63, 3.8) is 0 Å². The number of aromatic nitrogens is 1. The first kappa shape index (κ1) is 14.4. The Hall–Kier alpha value is -0.660. The molecule has 0 aliphatic heterocycles. The van der Waals surface area contributed by atoms with Crippen LogP contribution < -0.4 is 0 Å². The van der Waals surface area contributed by atoms with Crippen LogP contribution in [0.2, 0.25) is 0 Å². The van der Waals surface area contributed by atoms with E-state index in [-0.39, 0.29) is 11.3 Å². The minimum Gasteiger partial charge on any atom is -0.387 e. The first-order chi connectivity index (χ1) is 7.65. The van der Waals surface area contributed by atoms with Crippen LogP contribution in [0.5, 0.6) is 0 Å². The lowest BCUT2D eigenvalue weighted by Crippen LogP contribution is -2.25. The molecule has 3 nitrogen and oxygen atoms in total. The second kappa shape index (κ2) is 4.91. The van der Waals surface area contributed by atoms with Crippen LogP contribution >= 0.6 is 11.3 Å². The van der Waals surface area contributed by atoms with Gasteiger partial charge in [0, 0.05) is 19.7 Å². The molecule has 0 aliphatic rings. The predicted octanol–water partition coefficient (Wildman–Crippen LogP) is 3.01. The van der Waals surface area contributed by atoms with E-state index in [1.807, 2.05) is 0 Å². The van der Waals surface area contributed by atoms with Gasteiger partial charge in [0.25, 0.3) is 0 Å². The van der Waals surface area contributed by atoms with Gasteiger partial charge in [-0.3, -0.25) is 0 Å². The van der Waals surface area contributed by atoms with Crippen molar-refractivity contribution < 1.29 is 23.0 Å². The van der Waals surface area contributed by atoms with E-state index in [1.165, 1.54) is 7.11 Å². The highest BCUT2D eigenvalue weighted by Gasteiger charge is 2.35. The van der Waals surface area contributed by atoms with E-state index in [9.17, 15) is 18.3 Å². The quantitative estimate of drug-likeness (QED) is 0.913. The van der Waals surface area contributed by atoms with E-state index in [0.29, 0.717) is 11.3 Å². The summed E-state index contributed by atoms with van der Waals surface area (Å²) < 4.78 is 42.0. The van der Waals surface area contributed by atoms with Gasteiger partial charge in [-0.1, -0.05) is 0 Å². The third-order valence-corrected chi connectivity index (χ3v) is 3.48. The normalized spacial score (nSPS) is 15.0. The molecule has 0 aromatic carbocycles. The highest BCUT2D eigenvalue weighted by Crippen LogP contribution is 2.36. The van der Waals surface area contributed by atoms with E-state index in [2.05, 4.69) is 4.98 Å². The first-order valence-corrected chi connectivity index (χ1v) is 5.73. The summed E-state index contributed by atoms with van der Waals surface area (Å²) in [6.45, 7) is 3.50. The lowest BCUT2D eigenvalue weighted by molar-refractivity contribution is -0.137. The summed E-state index contributed by atoms with van der Waals surface area (Å²) in [6.07, 6.45) is -4.19. The number of nitrogens with zero attached hydrogens (tertiary/aromatic N) is 1. The summed E-state index contributed by atoms with van der Waals surface area (Å²) in [4.78, 5) is 3.45. The summed E-state index contributed by atoms with van der Waals surface area (Å²) in [5, 5.41) is 8.85. The Morgan fingerprint density at radius 1 is 1.47 bits per heavy atom. The van der Waals surface area contributed by atoms with Gasteiger partial charge in [-0.05, 0) is 13.8 Å². The number of alkyl halides is 3. The zero-order chi connectivity index (χ0) is 13.3. The third kappa shape index (κ3) is 3.93. The van der Waals surface area contributed by atoms with Gasteiger partial charge in [0.05, 0.1) is 16.6 Å². The fourth-order valence-corrected chi connectivity index (χ4v) is 1.99. The number of aliphatic hydroxyl groups is 1. The standard InChI is InChI=1S/C10H14F3NO2S/c1-9(2,16-3)4-6(15)7-5-14-8(17-7)10(11,12)13/h5-6,15H,4H2,1-3H3. The average Bonchev–Trinajstić information content (AvgIpc) is 2.65. The van der Waals surface area contributed by atoms with E-state index < -0.39 is 22.9 Å². The van der Waals surface area contributed by atoms with Gasteiger partial charge in [-0.15, -0.1) is 11.3 Å². The minimum absolute atomic E-state index is 0.197. The van der Waals surface area contributed by atoms with Crippen LogP contribution in [-0.4, -0.2) is 22.8 Å². The van der Waals surface area contributed by atoms with Crippen molar-refractivity contribution in [2.45, 2.75) is 38.1 Å². The topological polar surface area (TPSA) is 42.4 Å². The van der Waals surface area contributed by atoms with Crippen molar-refractivity contribution >= 4 is 11.3 Å². The van der Waals surface area contributed by atoms with Crippen molar-refractivity contribution in [1.29, 1.82) is 0 Å².